The van der Waals surface area contributed by atoms with Crippen LogP contribution in [0, 0.1) is 0 Å². The maximum absolute atomic E-state index is 14.6. The second kappa shape index (κ2) is 21.5. The minimum Gasteiger partial charge on any atom is -0.489 e. The molecule has 5 atom stereocenters. The molecule has 2 aliphatic heterocycles. The molecule has 6 rings (SSSR count). The van der Waals surface area contributed by atoms with Crippen LogP contribution in [0.1, 0.15) is 60.4 Å². The molecule has 7 N–H and O–H groups in total. The molecule has 14 nitrogen and oxygen atoms in total. The van der Waals surface area contributed by atoms with E-state index >= 15 is 0 Å². The van der Waals surface area contributed by atoms with Gasteiger partial charge in [-0.1, -0.05) is 103 Å². The third kappa shape index (κ3) is 12.0. The van der Waals surface area contributed by atoms with E-state index in [1.807, 2.05) is 60.7 Å². The number of nitrogens with zero attached hydrogens (tertiary/aromatic N) is 1. The number of fused-ring (bicyclic) bond motifs is 1. The lowest BCUT2D eigenvalue weighted by molar-refractivity contribution is -0.142. The molecule has 2 heterocycles. The number of nitrogens with two attached hydrogens (primary N) is 1. The fourth-order valence-electron chi connectivity index (χ4n) is 7.47. The highest BCUT2D eigenvalue weighted by molar-refractivity contribution is 5.98. The Labute approximate surface area is 350 Å². The smallest absolute Gasteiger partial charge is 0.247 e. The van der Waals surface area contributed by atoms with E-state index in [-0.39, 0.29) is 25.8 Å². The first-order valence-electron chi connectivity index (χ1n) is 20.5. The van der Waals surface area contributed by atoms with Gasteiger partial charge in [-0.15, -0.1) is 0 Å². The van der Waals surface area contributed by atoms with Gasteiger partial charge in [-0.05, 0) is 73.0 Å². The lowest BCUT2D eigenvalue weighted by Crippen LogP contribution is -2.60. The van der Waals surface area contributed by atoms with Gasteiger partial charge < -0.3 is 42.0 Å². The van der Waals surface area contributed by atoms with Crippen molar-refractivity contribution in [2.45, 2.75) is 81.8 Å². The van der Waals surface area contributed by atoms with Crippen LogP contribution in [0.15, 0.2) is 115 Å². The Balaban J connectivity index is 1.32. The van der Waals surface area contributed by atoms with Crippen molar-refractivity contribution in [1.29, 1.82) is 0 Å². The molecule has 6 amide bonds. The normalized spacial score (nSPS) is 21.9. The number of hydrogen-bond donors (Lipinski definition) is 6. The van der Waals surface area contributed by atoms with Gasteiger partial charge in [0.15, 0.2) is 0 Å². The average Bonchev–Trinajstić information content (AvgIpc) is 3.77. The number of carbonyl (C=O) groups is 6. The van der Waals surface area contributed by atoms with E-state index in [9.17, 15) is 28.8 Å². The topological polar surface area (TPSA) is 201 Å². The van der Waals surface area contributed by atoms with Gasteiger partial charge >= 0.3 is 0 Å². The number of hydrogen-bond acceptors (Lipinski definition) is 8. The maximum atomic E-state index is 14.6. The Morgan fingerprint density at radius 3 is 1.88 bits per heavy atom. The molecule has 2 aliphatic rings. The van der Waals surface area contributed by atoms with Crippen molar-refractivity contribution in [2.75, 3.05) is 19.6 Å². The number of ether oxygens (including phenoxy) is 1. The minimum absolute atomic E-state index is 0.0396. The van der Waals surface area contributed by atoms with Crippen LogP contribution in [-0.2, 0) is 48.2 Å². The van der Waals surface area contributed by atoms with E-state index in [0.29, 0.717) is 55.7 Å². The van der Waals surface area contributed by atoms with Gasteiger partial charge in [0, 0.05) is 19.4 Å². The molecular formula is C46H53N7O7. The maximum Gasteiger partial charge on any atom is 0.247 e. The molecule has 60 heavy (non-hydrogen) atoms. The monoisotopic (exact) mass is 815 g/mol. The summed E-state index contributed by atoms with van der Waals surface area (Å²) in [7, 11) is 0. The van der Waals surface area contributed by atoms with Gasteiger partial charge in [0.05, 0.1) is 6.54 Å². The minimum atomic E-state index is -1.18. The van der Waals surface area contributed by atoms with Crippen molar-refractivity contribution in [2.24, 2.45) is 5.73 Å². The first kappa shape index (κ1) is 43.0. The van der Waals surface area contributed by atoms with Crippen LogP contribution in [-0.4, -0.2) is 84.1 Å². The van der Waals surface area contributed by atoms with Crippen LogP contribution < -0.4 is 37.1 Å². The Bertz CT molecular complexity index is 2070. The molecule has 4 aromatic rings. The first-order valence-corrected chi connectivity index (χ1v) is 20.5. The molecule has 0 saturated carbocycles. The molecule has 0 bridgehead atoms. The average molecular weight is 816 g/mol. The molecule has 0 unspecified atom stereocenters. The lowest BCUT2D eigenvalue weighted by Gasteiger charge is -2.31. The zero-order valence-electron chi connectivity index (χ0n) is 33.5. The van der Waals surface area contributed by atoms with Crippen LogP contribution in [0.25, 0.3) is 0 Å². The van der Waals surface area contributed by atoms with E-state index in [0.717, 1.165) is 11.1 Å². The van der Waals surface area contributed by atoms with Gasteiger partial charge in [-0.3, -0.25) is 28.8 Å². The van der Waals surface area contributed by atoms with E-state index in [1.54, 1.807) is 54.6 Å². The summed E-state index contributed by atoms with van der Waals surface area (Å²) < 4.78 is 5.96. The lowest BCUT2D eigenvalue weighted by atomic mass is 10.0. The second-order valence-electron chi connectivity index (χ2n) is 15.1. The number of rotatable bonds is 12. The summed E-state index contributed by atoms with van der Waals surface area (Å²) in [4.78, 5) is 85.8. The van der Waals surface area contributed by atoms with Crippen LogP contribution >= 0.6 is 0 Å². The molecule has 0 radical (unpaired) electrons. The van der Waals surface area contributed by atoms with E-state index in [2.05, 4.69) is 26.6 Å². The third-order valence-electron chi connectivity index (χ3n) is 10.7. The summed E-state index contributed by atoms with van der Waals surface area (Å²) in [6.07, 6.45) is 2.29. The van der Waals surface area contributed by atoms with Crippen molar-refractivity contribution in [3.05, 3.63) is 138 Å². The van der Waals surface area contributed by atoms with Crippen molar-refractivity contribution in [1.82, 2.24) is 31.5 Å². The van der Waals surface area contributed by atoms with Crippen molar-refractivity contribution < 1.29 is 33.5 Å². The van der Waals surface area contributed by atoms with E-state index in [1.165, 1.54) is 4.90 Å². The van der Waals surface area contributed by atoms with Crippen LogP contribution in [0.2, 0.25) is 0 Å². The van der Waals surface area contributed by atoms with Crippen molar-refractivity contribution in [3.63, 3.8) is 0 Å². The van der Waals surface area contributed by atoms with Crippen LogP contribution in [0.5, 0.6) is 5.75 Å². The Morgan fingerprint density at radius 2 is 1.20 bits per heavy atom. The quantitative estimate of drug-likeness (QED) is 0.117. The fraction of sp³-hybridized carbons (Fsp3) is 0.348. The SMILES string of the molecule is NCCCC[C@@H]1NC(=O)CNC(=O)[C@H](c2ccccc2)NC(=O)[C@@H]2CCCN2C(=O)[C@H](Cc2ccccc2)NC(=O)[C@H](Cc2ccc(OCc3ccccc3)cc2)NC1=O. The molecule has 2 saturated heterocycles. The summed E-state index contributed by atoms with van der Waals surface area (Å²) in [5.74, 6) is -2.91. The molecule has 0 aromatic heterocycles. The van der Waals surface area contributed by atoms with Gasteiger partial charge in [0.1, 0.15) is 42.6 Å². The van der Waals surface area contributed by atoms with Gasteiger partial charge in [-0.2, -0.15) is 0 Å². The number of amides is 6. The predicted molar refractivity (Wildman–Crippen MR) is 225 cm³/mol. The molecule has 0 spiro atoms. The highest BCUT2D eigenvalue weighted by atomic mass is 16.5. The number of carbonyl (C=O) groups excluding carboxylic acids is 6. The van der Waals surface area contributed by atoms with Crippen LogP contribution in [0.4, 0.5) is 0 Å². The van der Waals surface area contributed by atoms with E-state index in [4.69, 9.17) is 10.5 Å². The number of benzene rings is 4. The standard InChI is InChI=1S/C46H53N7O7/c47-25-11-10-19-36-42(55)50-37(27-32-21-23-35(24-22-32)60-30-33-15-6-2-7-16-33)43(56)51-38(28-31-13-4-1-5-14-31)46(59)53-26-12-20-39(53)44(57)52-41(34-17-8-3-9-18-34)45(58)48-29-40(54)49-36/h1-9,13-18,21-24,36-39,41H,10-12,19-20,25-30,47H2,(H,48,58)(H,49,54)(H,50,55)(H,51,56)(H,52,57)/t36-,37-,38-,39-,41-/m0/s1. The van der Waals surface area contributed by atoms with Crippen LogP contribution in [0.3, 0.4) is 0 Å². The Morgan fingerprint density at radius 1 is 0.600 bits per heavy atom. The molecule has 2 fully saturated rings. The van der Waals surface area contributed by atoms with Crippen molar-refractivity contribution >= 4 is 35.4 Å². The summed E-state index contributed by atoms with van der Waals surface area (Å²) >= 11 is 0. The summed E-state index contributed by atoms with van der Waals surface area (Å²) in [6.45, 7) is 0.502. The highest BCUT2D eigenvalue weighted by Gasteiger charge is 2.40. The molecule has 314 valence electrons. The molecule has 4 aromatic carbocycles. The first-order chi connectivity index (χ1) is 29.2. The highest BCUT2D eigenvalue weighted by Crippen LogP contribution is 2.23. The summed E-state index contributed by atoms with van der Waals surface area (Å²) in [5.41, 5.74) is 8.71. The third-order valence-corrected chi connectivity index (χ3v) is 10.7. The summed E-state index contributed by atoms with van der Waals surface area (Å²) in [5, 5.41) is 14.0. The van der Waals surface area contributed by atoms with Gasteiger partial charge in [-0.25, -0.2) is 0 Å². The Hall–Kier alpha value is -6.54. The molecule has 14 heteroatoms. The largest absolute Gasteiger partial charge is 0.489 e. The zero-order valence-corrected chi connectivity index (χ0v) is 33.5. The fourth-order valence-corrected chi connectivity index (χ4v) is 7.47. The summed E-state index contributed by atoms with van der Waals surface area (Å²) in [6, 6.07) is 29.2. The van der Waals surface area contributed by atoms with Crippen molar-refractivity contribution in [3.8, 4) is 5.75 Å². The predicted octanol–water partition coefficient (Wildman–Crippen LogP) is 2.61. The Kier molecular flexibility index (Phi) is 15.4. The second-order valence-corrected chi connectivity index (χ2v) is 15.1. The molecule has 0 aliphatic carbocycles. The number of nitrogens with one attached hydrogen (secondary N) is 5. The number of unbranched alkanes of at least 4 members (excludes halogenated alkanes) is 1. The van der Waals surface area contributed by atoms with E-state index < -0.39 is 72.2 Å². The molecular weight excluding hydrogens is 763 g/mol. The zero-order chi connectivity index (χ0) is 42.3. The van der Waals surface area contributed by atoms with Gasteiger partial charge in [0.2, 0.25) is 35.4 Å². The van der Waals surface area contributed by atoms with Gasteiger partial charge in [0.25, 0.3) is 0 Å².